The second kappa shape index (κ2) is 9.56. The molecule has 1 N–H and O–H groups in total. The molecule has 0 spiro atoms. The number of carbonyl (C=O) groups excluding carboxylic acids is 1. The molecule has 7 heteroatoms. The van der Waals surface area contributed by atoms with E-state index in [2.05, 4.69) is 31.7 Å². The minimum atomic E-state index is -0.176. The largest absolute Gasteiger partial charge is 0.379 e. The summed E-state index contributed by atoms with van der Waals surface area (Å²) in [4.78, 5) is 19.9. The van der Waals surface area contributed by atoms with Crippen molar-refractivity contribution in [3.63, 3.8) is 0 Å². The number of anilines is 1. The summed E-state index contributed by atoms with van der Waals surface area (Å²) in [5, 5.41) is 2.91. The average molecular weight is 407 g/mol. The molecule has 1 amide bonds. The van der Waals surface area contributed by atoms with Crippen LogP contribution in [0, 0.1) is 0 Å². The molecule has 3 heterocycles. The normalized spacial score (nSPS) is 14.9. The molecule has 0 atom stereocenters. The van der Waals surface area contributed by atoms with Crippen LogP contribution in [0.1, 0.15) is 11.1 Å². The van der Waals surface area contributed by atoms with Gasteiger partial charge in [-0.1, -0.05) is 12.1 Å². The number of benzene rings is 1. The number of hydrogen-bond donors (Lipinski definition) is 1. The van der Waals surface area contributed by atoms with Gasteiger partial charge in [0.05, 0.1) is 18.1 Å². The Morgan fingerprint density at radius 3 is 2.72 bits per heavy atom. The van der Waals surface area contributed by atoms with E-state index >= 15 is 0 Å². The van der Waals surface area contributed by atoms with Crippen molar-refractivity contribution in [2.45, 2.75) is 6.54 Å². The summed E-state index contributed by atoms with van der Waals surface area (Å²) in [6.45, 7) is 4.41. The Kier molecular flexibility index (Phi) is 6.41. The third-order valence-corrected chi connectivity index (χ3v) is 5.48. The summed E-state index contributed by atoms with van der Waals surface area (Å²) in [6, 6.07) is 11.9. The van der Waals surface area contributed by atoms with Crippen molar-refractivity contribution in [3.8, 4) is 10.4 Å². The van der Waals surface area contributed by atoms with E-state index < -0.39 is 0 Å². The first-order chi connectivity index (χ1) is 14.3. The topological polar surface area (TPSA) is 67.4 Å². The van der Waals surface area contributed by atoms with Crippen LogP contribution in [-0.4, -0.2) is 46.5 Å². The predicted molar refractivity (Wildman–Crippen MR) is 116 cm³/mol. The van der Waals surface area contributed by atoms with Crippen LogP contribution in [0.5, 0.6) is 0 Å². The Morgan fingerprint density at radius 2 is 1.97 bits per heavy atom. The Morgan fingerprint density at radius 1 is 1.14 bits per heavy atom. The molecular formula is C22H22N4O2S. The minimum Gasteiger partial charge on any atom is -0.379 e. The maximum Gasteiger partial charge on any atom is 0.248 e. The second-order valence-corrected chi connectivity index (χ2v) is 7.58. The number of ether oxygens (including phenoxy) is 1. The van der Waals surface area contributed by atoms with Crippen LogP contribution in [0.15, 0.2) is 61.1 Å². The van der Waals surface area contributed by atoms with Gasteiger partial charge in [0.2, 0.25) is 5.91 Å². The summed E-state index contributed by atoms with van der Waals surface area (Å²) in [5.41, 5.74) is 3.90. The van der Waals surface area contributed by atoms with Gasteiger partial charge in [0.1, 0.15) is 0 Å². The second-order valence-electron chi connectivity index (χ2n) is 6.75. The molecule has 1 aromatic carbocycles. The van der Waals surface area contributed by atoms with Crippen molar-refractivity contribution >= 4 is 29.2 Å². The summed E-state index contributed by atoms with van der Waals surface area (Å²) in [7, 11) is 0. The number of pyridine rings is 1. The highest BCUT2D eigenvalue weighted by Crippen LogP contribution is 2.26. The fraction of sp³-hybridized carbons (Fsp3) is 0.227. The molecule has 2 aromatic heterocycles. The van der Waals surface area contributed by atoms with E-state index in [1.165, 1.54) is 23.2 Å². The van der Waals surface area contributed by atoms with Crippen molar-refractivity contribution in [2.75, 3.05) is 31.6 Å². The van der Waals surface area contributed by atoms with Crippen LogP contribution in [-0.2, 0) is 16.1 Å². The van der Waals surface area contributed by atoms with Gasteiger partial charge in [0.15, 0.2) is 0 Å². The maximum atomic E-state index is 12.3. The van der Waals surface area contributed by atoms with Crippen molar-refractivity contribution in [2.24, 2.45) is 0 Å². The molecule has 1 saturated heterocycles. The van der Waals surface area contributed by atoms with Gasteiger partial charge in [-0.05, 0) is 47.4 Å². The summed E-state index contributed by atoms with van der Waals surface area (Å²) in [6.07, 6.45) is 8.57. The summed E-state index contributed by atoms with van der Waals surface area (Å²) < 4.78 is 9.52. The lowest BCUT2D eigenvalue weighted by Gasteiger charge is -2.26. The Hall–Kier alpha value is -2.87. The van der Waals surface area contributed by atoms with Gasteiger partial charge in [-0.25, -0.2) is 4.37 Å². The summed E-state index contributed by atoms with van der Waals surface area (Å²) in [5.74, 6) is -0.176. The van der Waals surface area contributed by atoms with E-state index in [0.29, 0.717) is 0 Å². The van der Waals surface area contributed by atoms with Gasteiger partial charge >= 0.3 is 0 Å². The van der Waals surface area contributed by atoms with Crippen LogP contribution in [0.2, 0.25) is 0 Å². The third-order valence-electron chi connectivity index (χ3n) is 4.70. The quantitative estimate of drug-likeness (QED) is 0.633. The van der Waals surface area contributed by atoms with Crippen LogP contribution in [0.4, 0.5) is 5.69 Å². The number of amides is 1. The monoisotopic (exact) mass is 406 g/mol. The molecule has 148 valence electrons. The molecule has 1 aliphatic rings. The zero-order valence-corrected chi connectivity index (χ0v) is 16.8. The molecule has 0 radical (unpaired) electrons. The average Bonchev–Trinajstić information content (AvgIpc) is 3.29. The number of aromatic nitrogens is 2. The zero-order valence-electron chi connectivity index (χ0n) is 16.0. The van der Waals surface area contributed by atoms with Gasteiger partial charge in [0, 0.05) is 61.1 Å². The zero-order chi connectivity index (χ0) is 19.9. The molecule has 4 rings (SSSR count). The first-order valence-corrected chi connectivity index (χ1v) is 10.3. The van der Waals surface area contributed by atoms with Crippen molar-refractivity contribution < 1.29 is 9.53 Å². The van der Waals surface area contributed by atoms with Gasteiger partial charge in [-0.2, -0.15) is 0 Å². The van der Waals surface area contributed by atoms with Gasteiger partial charge in [-0.3, -0.25) is 14.7 Å². The highest BCUT2D eigenvalue weighted by Gasteiger charge is 2.10. The van der Waals surface area contributed by atoms with Crippen molar-refractivity contribution in [1.29, 1.82) is 0 Å². The molecule has 29 heavy (non-hydrogen) atoms. The molecule has 6 nitrogen and oxygen atoms in total. The van der Waals surface area contributed by atoms with Crippen molar-refractivity contribution in [1.82, 2.24) is 14.3 Å². The van der Waals surface area contributed by atoms with Crippen LogP contribution in [0.3, 0.4) is 0 Å². The molecule has 1 fully saturated rings. The van der Waals surface area contributed by atoms with Crippen LogP contribution in [0.25, 0.3) is 16.5 Å². The standard InChI is InChI=1S/C22H22N4O2S/c27-22(6-3-18-15-23-9-7-20(18)21-8-10-24-29-21)25-19-4-1-17(2-5-19)16-26-11-13-28-14-12-26/h1-10,15H,11-14,16H2,(H,25,27). The Bertz CT molecular complexity index is 965. The minimum absolute atomic E-state index is 0.176. The molecule has 0 aliphatic carbocycles. The number of morpholine rings is 1. The van der Waals surface area contributed by atoms with Gasteiger partial charge in [-0.15, -0.1) is 0 Å². The first-order valence-electron chi connectivity index (χ1n) is 9.51. The third kappa shape index (κ3) is 5.35. The fourth-order valence-electron chi connectivity index (χ4n) is 3.18. The highest BCUT2D eigenvalue weighted by atomic mass is 32.1. The molecule has 3 aromatic rings. The van der Waals surface area contributed by atoms with E-state index in [1.807, 2.05) is 24.3 Å². The molecule has 0 unspecified atom stereocenters. The number of hydrogen-bond acceptors (Lipinski definition) is 6. The van der Waals surface area contributed by atoms with E-state index in [-0.39, 0.29) is 5.91 Å². The smallest absolute Gasteiger partial charge is 0.248 e. The summed E-state index contributed by atoms with van der Waals surface area (Å²) >= 11 is 1.42. The lowest BCUT2D eigenvalue weighted by molar-refractivity contribution is -0.111. The molecule has 0 saturated carbocycles. The van der Waals surface area contributed by atoms with E-state index in [0.717, 1.165) is 54.5 Å². The van der Waals surface area contributed by atoms with Crippen LogP contribution < -0.4 is 5.32 Å². The van der Waals surface area contributed by atoms with E-state index in [4.69, 9.17) is 4.74 Å². The molecular weight excluding hydrogens is 384 g/mol. The fourth-order valence-corrected chi connectivity index (χ4v) is 3.82. The van der Waals surface area contributed by atoms with E-state index in [1.54, 1.807) is 24.7 Å². The lowest BCUT2D eigenvalue weighted by atomic mass is 10.1. The number of rotatable bonds is 6. The number of carbonyl (C=O) groups is 1. The number of nitrogens with zero attached hydrogens (tertiary/aromatic N) is 3. The Labute approximate surface area is 174 Å². The van der Waals surface area contributed by atoms with Gasteiger partial charge in [0.25, 0.3) is 0 Å². The lowest BCUT2D eigenvalue weighted by Crippen LogP contribution is -2.35. The van der Waals surface area contributed by atoms with E-state index in [9.17, 15) is 4.79 Å². The maximum absolute atomic E-state index is 12.3. The Balaban J connectivity index is 1.36. The molecule has 1 aliphatic heterocycles. The van der Waals surface area contributed by atoms with Crippen LogP contribution >= 0.6 is 11.5 Å². The van der Waals surface area contributed by atoms with Gasteiger partial charge < -0.3 is 10.1 Å². The highest BCUT2D eigenvalue weighted by molar-refractivity contribution is 7.09. The first kappa shape index (κ1) is 19.4. The SMILES string of the molecule is O=C(C=Cc1cnccc1-c1ccns1)Nc1ccc(CN2CCOCC2)cc1. The molecule has 0 bridgehead atoms. The predicted octanol–water partition coefficient (Wildman–Crippen LogP) is 3.69. The van der Waals surface area contributed by atoms with Crippen molar-refractivity contribution in [3.05, 3.63) is 72.2 Å². The number of nitrogens with one attached hydrogen (secondary N) is 1.